The maximum Gasteiger partial charge on any atom is 0.229 e. The van der Waals surface area contributed by atoms with Crippen LogP contribution in [0.3, 0.4) is 0 Å². The molecule has 0 amide bonds. The number of aromatic nitrogens is 2. The Morgan fingerprint density at radius 3 is 2.54 bits per heavy atom. The average Bonchev–Trinajstić information content (AvgIpc) is 2.91. The number of nitrogen functional groups attached to an aromatic ring is 2. The number of ether oxygens (including phenoxy) is 2. The number of hydrogen-bond donors (Lipinski definition) is 2. The van der Waals surface area contributed by atoms with E-state index in [9.17, 15) is 4.79 Å². The molecule has 24 heavy (non-hydrogen) atoms. The van der Waals surface area contributed by atoms with Crippen LogP contribution in [0.2, 0.25) is 0 Å². The van der Waals surface area contributed by atoms with E-state index < -0.39 is 0 Å². The van der Waals surface area contributed by atoms with Crippen LogP contribution in [0.5, 0.6) is 11.6 Å². The van der Waals surface area contributed by atoms with E-state index in [0.717, 1.165) is 0 Å². The lowest BCUT2D eigenvalue weighted by atomic mass is 10.1. The zero-order chi connectivity index (χ0) is 17.3. The van der Waals surface area contributed by atoms with Gasteiger partial charge in [0.25, 0.3) is 0 Å². The highest BCUT2D eigenvalue weighted by Gasteiger charge is 2.22. The maximum absolute atomic E-state index is 12.8. The van der Waals surface area contributed by atoms with Crippen LogP contribution in [-0.4, -0.2) is 29.5 Å². The summed E-state index contributed by atoms with van der Waals surface area (Å²) in [4.78, 5) is 21.9. The number of nitrogens with zero attached hydrogens (tertiary/aromatic N) is 2. The van der Waals surface area contributed by atoms with Crippen LogP contribution in [0.15, 0.2) is 24.3 Å². The molecule has 0 spiro atoms. The average molecular weight is 344 g/mol. The molecule has 0 aliphatic rings. The summed E-state index contributed by atoms with van der Waals surface area (Å²) < 4.78 is 10.6. The van der Waals surface area contributed by atoms with Crippen molar-refractivity contribution in [3.63, 3.8) is 0 Å². The number of thiophene rings is 1. The van der Waals surface area contributed by atoms with Gasteiger partial charge in [-0.15, -0.1) is 11.3 Å². The molecule has 0 saturated heterocycles. The molecule has 0 unspecified atom stereocenters. The molecule has 2 heterocycles. The number of anilines is 2. The van der Waals surface area contributed by atoms with Crippen LogP contribution in [-0.2, 0) is 0 Å². The van der Waals surface area contributed by atoms with E-state index in [-0.39, 0.29) is 11.7 Å². The molecule has 8 heteroatoms. The van der Waals surface area contributed by atoms with Crippen molar-refractivity contribution in [1.29, 1.82) is 0 Å². The van der Waals surface area contributed by atoms with Crippen LogP contribution in [0.25, 0.3) is 10.2 Å². The zero-order valence-electron chi connectivity index (χ0n) is 13.2. The standard InChI is InChI=1S/C16H16N4O3S/c1-3-23-14-10-11(17)13(24-15(10)20-16(18)19-14)12(21)8-4-6-9(22-2)7-5-8/h4-7H,3,17H2,1-2H3,(H2,18,19,20). The topological polar surface area (TPSA) is 113 Å². The van der Waals surface area contributed by atoms with Crippen LogP contribution in [0, 0.1) is 0 Å². The lowest BCUT2D eigenvalue weighted by Gasteiger charge is -2.05. The second kappa shape index (κ2) is 6.32. The third kappa shape index (κ3) is 2.71. The van der Waals surface area contributed by atoms with E-state index in [1.807, 2.05) is 6.92 Å². The van der Waals surface area contributed by atoms with Crippen molar-refractivity contribution in [2.45, 2.75) is 6.92 Å². The van der Waals surface area contributed by atoms with Gasteiger partial charge in [-0.3, -0.25) is 4.79 Å². The van der Waals surface area contributed by atoms with Gasteiger partial charge < -0.3 is 20.9 Å². The number of nitrogens with two attached hydrogens (primary N) is 2. The van der Waals surface area contributed by atoms with E-state index >= 15 is 0 Å². The molecule has 2 aromatic heterocycles. The normalized spacial score (nSPS) is 10.8. The molecule has 0 atom stereocenters. The first-order valence-corrected chi connectivity index (χ1v) is 8.03. The molecule has 0 fully saturated rings. The Kier molecular flexibility index (Phi) is 4.22. The minimum atomic E-state index is -0.195. The van der Waals surface area contributed by atoms with Crippen molar-refractivity contribution in [2.24, 2.45) is 0 Å². The molecular formula is C16H16N4O3S. The summed E-state index contributed by atoms with van der Waals surface area (Å²) in [5.41, 5.74) is 12.7. The molecule has 4 N–H and O–H groups in total. The number of carbonyl (C=O) groups excluding carboxylic acids is 1. The first kappa shape index (κ1) is 16.0. The summed E-state index contributed by atoms with van der Waals surface area (Å²) in [6.07, 6.45) is 0. The summed E-state index contributed by atoms with van der Waals surface area (Å²) in [6.45, 7) is 2.23. The molecule has 0 radical (unpaired) electrons. The van der Waals surface area contributed by atoms with Gasteiger partial charge in [-0.05, 0) is 31.2 Å². The van der Waals surface area contributed by atoms with Crippen molar-refractivity contribution >= 4 is 39.0 Å². The predicted molar refractivity (Wildman–Crippen MR) is 93.8 cm³/mol. The SMILES string of the molecule is CCOc1nc(N)nc2sc(C(=O)c3ccc(OC)cc3)c(N)c12. The van der Waals surface area contributed by atoms with Crippen molar-refractivity contribution in [2.75, 3.05) is 25.2 Å². The summed E-state index contributed by atoms with van der Waals surface area (Å²) in [5.74, 6) is 0.852. The number of carbonyl (C=O) groups is 1. The van der Waals surface area contributed by atoms with Crippen LogP contribution in [0.4, 0.5) is 11.6 Å². The summed E-state index contributed by atoms with van der Waals surface area (Å²) in [5, 5.41) is 0.521. The van der Waals surface area contributed by atoms with E-state index in [2.05, 4.69) is 9.97 Å². The van der Waals surface area contributed by atoms with Crippen molar-refractivity contribution in [3.05, 3.63) is 34.7 Å². The number of ketones is 1. The van der Waals surface area contributed by atoms with Crippen LogP contribution < -0.4 is 20.9 Å². The minimum absolute atomic E-state index is 0.0793. The Hall–Kier alpha value is -2.87. The van der Waals surface area contributed by atoms with E-state index in [0.29, 0.717) is 44.6 Å². The number of hydrogen-bond acceptors (Lipinski definition) is 8. The fourth-order valence-electron chi connectivity index (χ4n) is 2.29. The van der Waals surface area contributed by atoms with Gasteiger partial charge in [0.1, 0.15) is 15.5 Å². The number of rotatable bonds is 5. The van der Waals surface area contributed by atoms with E-state index in [1.54, 1.807) is 31.4 Å². The van der Waals surface area contributed by atoms with E-state index in [4.69, 9.17) is 20.9 Å². The molecule has 7 nitrogen and oxygen atoms in total. The molecule has 124 valence electrons. The smallest absolute Gasteiger partial charge is 0.229 e. The molecule has 0 aliphatic heterocycles. The Morgan fingerprint density at radius 2 is 1.92 bits per heavy atom. The monoisotopic (exact) mass is 344 g/mol. The quantitative estimate of drug-likeness (QED) is 0.684. The molecule has 0 saturated carbocycles. The lowest BCUT2D eigenvalue weighted by molar-refractivity contribution is 0.104. The number of benzene rings is 1. The minimum Gasteiger partial charge on any atom is -0.497 e. The van der Waals surface area contributed by atoms with Crippen molar-refractivity contribution in [1.82, 2.24) is 9.97 Å². The zero-order valence-corrected chi connectivity index (χ0v) is 14.0. The Balaban J connectivity index is 2.10. The maximum atomic E-state index is 12.8. The lowest BCUT2D eigenvalue weighted by Crippen LogP contribution is -2.03. The largest absolute Gasteiger partial charge is 0.497 e. The molecule has 3 aromatic rings. The van der Waals surface area contributed by atoms with Crippen molar-refractivity contribution in [3.8, 4) is 11.6 Å². The van der Waals surface area contributed by atoms with Gasteiger partial charge in [-0.2, -0.15) is 4.98 Å². The summed E-state index contributed by atoms with van der Waals surface area (Å²) in [6, 6.07) is 6.82. The molecular weight excluding hydrogens is 328 g/mol. The fourth-order valence-corrected chi connectivity index (χ4v) is 3.34. The Morgan fingerprint density at radius 1 is 1.21 bits per heavy atom. The van der Waals surface area contributed by atoms with Crippen molar-refractivity contribution < 1.29 is 14.3 Å². The molecule has 0 bridgehead atoms. The summed E-state index contributed by atoms with van der Waals surface area (Å²) in [7, 11) is 1.57. The molecule has 3 rings (SSSR count). The molecule has 0 aliphatic carbocycles. The number of fused-ring (bicyclic) bond motifs is 1. The fraction of sp³-hybridized carbons (Fsp3) is 0.188. The molecule has 1 aromatic carbocycles. The Bertz CT molecular complexity index is 906. The van der Waals surface area contributed by atoms with Gasteiger partial charge in [0.05, 0.1) is 24.8 Å². The highest BCUT2D eigenvalue weighted by molar-refractivity contribution is 7.21. The summed E-state index contributed by atoms with van der Waals surface area (Å²) >= 11 is 1.17. The first-order valence-electron chi connectivity index (χ1n) is 7.22. The third-order valence-electron chi connectivity index (χ3n) is 3.41. The number of methoxy groups -OCH3 is 1. The highest BCUT2D eigenvalue weighted by atomic mass is 32.1. The van der Waals surface area contributed by atoms with Crippen LogP contribution >= 0.6 is 11.3 Å². The van der Waals surface area contributed by atoms with Gasteiger partial charge in [0, 0.05) is 5.56 Å². The van der Waals surface area contributed by atoms with Gasteiger partial charge >= 0.3 is 0 Å². The van der Waals surface area contributed by atoms with Gasteiger partial charge in [0.2, 0.25) is 17.6 Å². The first-order chi connectivity index (χ1) is 11.5. The second-order valence-corrected chi connectivity index (χ2v) is 5.90. The predicted octanol–water partition coefficient (Wildman–Crippen LogP) is 2.49. The van der Waals surface area contributed by atoms with Crippen LogP contribution in [0.1, 0.15) is 22.2 Å². The van der Waals surface area contributed by atoms with E-state index in [1.165, 1.54) is 11.3 Å². The van der Waals surface area contributed by atoms with Gasteiger partial charge in [-0.1, -0.05) is 0 Å². The van der Waals surface area contributed by atoms with Gasteiger partial charge in [0.15, 0.2) is 0 Å². The Labute approximate surface area is 142 Å². The second-order valence-electron chi connectivity index (χ2n) is 4.90. The van der Waals surface area contributed by atoms with Gasteiger partial charge in [-0.25, -0.2) is 4.98 Å². The highest BCUT2D eigenvalue weighted by Crippen LogP contribution is 2.39. The third-order valence-corrected chi connectivity index (χ3v) is 4.51.